The largest absolute Gasteiger partial charge is 0.430 e. The normalized spacial score (nSPS) is 14.8. The van der Waals surface area contributed by atoms with Crippen LogP contribution in [0.15, 0.2) is 30.3 Å². The summed E-state index contributed by atoms with van der Waals surface area (Å²) in [5.74, 6) is 2.59. The fraction of sp³-hybridized carbons (Fsp3) is 0.188. The van der Waals surface area contributed by atoms with E-state index in [-0.39, 0.29) is 10.3 Å². The number of non-ortho nitro benzene ring substituents is 1. The zero-order chi connectivity index (χ0) is 18.3. The summed E-state index contributed by atoms with van der Waals surface area (Å²) in [4.78, 5) is 15.2. The number of hydrogen-bond acceptors (Lipinski definition) is 7. The van der Waals surface area contributed by atoms with E-state index in [9.17, 15) is 10.1 Å². The molecule has 0 N–H and O–H groups in total. The third-order valence-corrected chi connectivity index (χ3v) is 8.13. The first-order chi connectivity index (χ1) is 12.5. The smallest absolute Gasteiger partial charge is 0.279 e. The molecular weight excluding hydrogens is 435 g/mol. The quantitative estimate of drug-likeness (QED) is 0.326. The Bertz CT molecular complexity index is 1010. The topological polar surface area (TPSA) is 65.3 Å². The molecule has 134 valence electrons. The molecule has 1 aliphatic rings. The van der Waals surface area contributed by atoms with Crippen LogP contribution in [0.2, 0.25) is 10.0 Å². The molecule has 26 heavy (non-hydrogen) atoms. The van der Waals surface area contributed by atoms with E-state index < -0.39 is 4.92 Å². The molecule has 5 nitrogen and oxygen atoms in total. The molecule has 0 aliphatic carbocycles. The van der Waals surface area contributed by atoms with Gasteiger partial charge in [-0.2, -0.15) is 0 Å². The molecule has 2 aromatic carbocycles. The average molecular weight is 445 g/mol. The molecule has 1 aromatic heterocycles. The minimum absolute atomic E-state index is 0.0552. The van der Waals surface area contributed by atoms with Crippen molar-refractivity contribution in [2.75, 3.05) is 11.5 Å². The van der Waals surface area contributed by atoms with Crippen LogP contribution in [0.25, 0.3) is 10.2 Å². The zero-order valence-corrected chi connectivity index (χ0v) is 16.9. The summed E-state index contributed by atoms with van der Waals surface area (Å²) in [7, 11) is 0. The lowest BCUT2D eigenvalue weighted by atomic mass is 10.2. The van der Waals surface area contributed by atoms with E-state index in [0.29, 0.717) is 26.5 Å². The Hall–Kier alpha value is -1.19. The van der Waals surface area contributed by atoms with Gasteiger partial charge in [0.15, 0.2) is 0 Å². The number of thioether (sulfide) groups is 2. The summed E-state index contributed by atoms with van der Waals surface area (Å²) < 4.78 is 6.93. The second-order valence-electron chi connectivity index (χ2n) is 5.37. The van der Waals surface area contributed by atoms with Crippen molar-refractivity contribution in [3.63, 3.8) is 0 Å². The summed E-state index contributed by atoms with van der Waals surface area (Å²) in [6, 6.07) is 8.08. The number of fused-ring (bicyclic) bond motifs is 1. The van der Waals surface area contributed by atoms with Gasteiger partial charge in [-0.3, -0.25) is 10.1 Å². The molecule has 2 heterocycles. The molecule has 0 unspecified atom stereocenters. The molecule has 4 rings (SSSR count). The molecule has 1 aliphatic heterocycles. The highest BCUT2D eigenvalue weighted by Crippen LogP contribution is 2.50. The van der Waals surface area contributed by atoms with E-state index >= 15 is 0 Å². The van der Waals surface area contributed by atoms with Gasteiger partial charge in [0.05, 0.1) is 19.2 Å². The molecule has 3 aromatic rings. The number of nitrogens with zero attached hydrogens (tertiary/aromatic N) is 2. The Morgan fingerprint density at radius 1 is 1.19 bits per heavy atom. The predicted molar refractivity (Wildman–Crippen MR) is 110 cm³/mol. The third kappa shape index (κ3) is 3.61. The predicted octanol–water partition coefficient (Wildman–Crippen LogP) is 6.78. The van der Waals surface area contributed by atoms with Crippen LogP contribution < -0.4 is 4.74 Å². The van der Waals surface area contributed by atoms with Gasteiger partial charge in [0, 0.05) is 34.2 Å². The molecule has 0 spiro atoms. The molecule has 1 saturated heterocycles. The number of benzene rings is 2. The van der Waals surface area contributed by atoms with Gasteiger partial charge in [0.1, 0.15) is 11.3 Å². The number of hydrogen-bond donors (Lipinski definition) is 0. The summed E-state index contributed by atoms with van der Waals surface area (Å²) in [6.07, 6.45) is 0. The highest BCUT2D eigenvalue weighted by atomic mass is 35.5. The van der Waals surface area contributed by atoms with Crippen LogP contribution in [-0.4, -0.2) is 21.4 Å². The maximum absolute atomic E-state index is 11.1. The van der Waals surface area contributed by atoms with Gasteiger partial charge in [-0.05, 0) is 18.2 Å². The van der Waals surface area contributed by atoms with Crippen LogP contribution in [0.4, 0.5) is 5.69 Å². The fourth-order valence-corrected chi connectivity index (χ4v) is 6.98. The van der Waals surface area contributed by atoms with E-state index in [1.165, 1.54) is 17.4 Å². The van der Waals surface area contributed by atoms with Gasteiger partial charge in [-0.1, -0.05) is 34.5 Å². The minimum atomic E-state index is -0.392. The number of thiazole rings is 1. The van der Waals surface area contributed by atoms with E-state index in [2.05, 4.69) is 4.98 Å². The monoisotopic (exact) mass is 444 g/mol. The van der Waals surface area contributed by atoms with E-state index in [0.717, 1.165) is 21.8 Å². The van der Waals surface area contributed by atoms with Crippen molar-refractivity contribution in [2.24, 2.45) is 0 Å². The number of nitro groups is 1. The highest BCUT2D eigenvalue weighted by Gasteiger charge is 2.25. The Morgan fingerprint density at radius 3 is 2.69 bits per heavy atom. The zero-order valence-electron chi connectivity index (χ0n) is 13.0. The molecule has 1 fully saturated rings. The molecule has 0 bridgehead atoms. The maximum Gasteiger partial charge on any atom is 0.279 e. The van der Waals surface area contributed by atoms with Crippen molar-refractivity contribution in [2.45, 2.75) is 4.58 Å². The van der Waals surface area contributed by atoms with Gasteiger partial charge in [-0.25, -0.2) is 4.98 Å². The number of ether oxygens (including phenoxy) is 1. The first-order valence-corrected chi connectivity index (χ1v) is 11.1. The highest BCUT2D eigenvalue weighted by molar-refractivity contribution is 8.19. The van der Waals surface area contributed by atoms with Crippen molar-refractivity contribution in [3.8, 4) is 10.9 Å². The first-order valence-electron chi connectivity index (χ1n) is 7.46. The standard InChI is InChI=1S/C16H10Cl2N2O3S3/c17-8-5-11(18)14-13(6-8)26-16(19-14)23-12-2-1-9(20(21)22)7-10(12)15-24-3-4-25-15/h1-2,5-7,15H,3-4H2. The van der Waals surface area contributed by atoms with Crippen LogP contribution in [0, 0.1) is 10.1 Å². The van der Waals surface area contributed by atoms with Crippen molar-refractivity contribution >= 4 is 74.0 Å². The van der Waals surface area contributed by atoms with Gasteiger partial charge in [0.2, 0.25) is 0 Å². The molecule has 0 atom stereocenters. The van der Waals surface area contributed by atoms with Crippen LogP contribution in [-0.2, 0) is 0 Å². The van der Waals surface area contributed by atoms with Crippen molar-refractivity contribution in [1.29, 1.82) is 0 Å². The molecular formula is C16H10Cl2N2O3S3. The number of nitro benzene ring substituents is 1. The lowest BCUT2D eigenvalue weighted by molar-refractivity contribution is -0.384. The lowest BCUT2D eigenvalue weighted by Crippen LogP contribution is -1.96. The summed E-state index contributed by atoms with van der Waals surface area (Å²) in [5.41, 5.74) is 1.49. The van der Waals surface area contributed by atoms with E-state index in [4.69, 9.17) is 27.9 Å². The van der Waals surface area contributed by atoms with Gasteiger partial charge in [0.25, 0.3) is 10.9 Å². The lowest BCUT2D eigenvalue weighted by Gasteiger charge is -2.13. The van der Waals surface area contributed by atoms with Gasteiger partial charge < -0.3 is 4.74 Å². The van der Waals surface area contributed by atoms with Gasteiger partial charge in [-0.15, -0.1) is 23.5 Å². The van der Waals surface area contributed by atoms with Crippen molar-refractivity contribution in [3.05, 3.63) is 56.1 Å². The van der Waals surface area contributed by atoms with E-state index in [1.54, 1.807) is 47.8 Å². The van der Waals surface area contributed by atoms with Crippen LogP contribution in [0.1, 0.15) is 10.1 Å². The first kappa shape index (κ1) is 18.2. The fourth-order valence-electron chi connectivity index (χ4n) is 2.54. The Balaban J connectivity index is 1.73. The van der Waals surface area contributed by atoms with Crippen LogP contribution in [0.3, 0.4) is 0 Å². The van der Waals surface area contributed by atoms with E-state index in [1.807, 2.05) is 0 Å². The number of aromatic nitrogens is 1. The second-order valence-corrected chi connectivity index (χ2v) is 9.93. The Morgan fingerprint density at radius 2 is 1.96 bits per heavy atom. The molecule has 0 radical (unpaired) electrons. The SMILES string of the molecule is O=[N+]([O-])c1ccc(Oc2nc3c(Cl)cc(Cl)cc3s2)c(C2SCCS2)c1. The summed E-state index contributed by atoms with van der Waals surface area (Å²) >= 11 is 17.1. The Labute approximate surface area is 171 Å². The average Bonchev–Trinajstić information content (AvgIpc) is 3.24. The minimum Gasteiger partial charge on any atom is -0.430 e. The maximum atomic E-state index is 11.1. The molecule has 0 saturated carbocycles. The molecule has 10 heteroatoms. The second kappa shape index (κ2) is 7.44. The Kier molecular flexibility index (Phi) is 5.20. The third-order valence-electron chi connectivity index (χ3n) is 3.67. The summed E-state index contributed by atoms with van der Waals surface area (Å²) in [5, 5.41) is 12.6. The van der Waals surface area contributed by atoms with Gasteiger partial charge >= 0.3 is 0 Å². The van der Waals surface area contributed by atoms with Crippen LogP contribution in [0.5, 0.6) is 10.9 Å². The summed E-state index contributed by atoms with van der Waals surface area (Å²) in [6.45, 7) is 0. The number of halogens is 2. The van der Waals surface area contributed by atoms with Crippen molar-refractivity contribution in [1.82, 2.24) is 4.98 Å². The van der Waals surface area contributed by atoms with Crippen LogP contribution >= 0.6 is 58.1 Å². The van der Waals surface area contributed by atoms with Crippen molar-refractivity contribution < 1.29 is 9.66 Å². The number of rotatable bonds is 4. The molecule has 0 amide bonds.